The van der Waals surface area contributed by atoms with Crippen molar-refractivity contribution in [3.63, 3.8) is 0 Å². The molecule has 2 heterocycles. The van der Waals surface area contributed by atoms with Crippen molar-refractivity contribution in [2.45, 2.75) is 38.9 Å². The number of carbonyl (C=O) groups is 1. The molecule has 3 rings (SSSR count). The van der Waals surface area contributed by atoms with E-state index in [1.165, 1.54) is 4.57 Å². The molecular formula is C17H20N4O3. The van der Waals surface area contributed by atoms with Gasteiger partial charge >= 0.3 is 0 Å². The number of aromatic hydroxyl groups is 1. The van der Waals surface area contributed by atoms with Crippen LogP contribution in [-0.4, -0.2) is 26.6 Å². The Kier molecular flexibility index (Phi) is 4.35. The molecule has 1 atom stereocenters. The zero-order valence-electron chi connectivity index (χ0n) is 13.5. The molecule has 1 aromatic carbocycles. The van der Waals surface area contributed by atoms with Gasteiger partial charge in [-0.1, -0.05) is 29.8 Å². The smallest absolute Gasteiger partial charge is 0.296 e. The molecule has 126 valence electrons. The van der Waals surface area contributed by atoms with E-state index in [1.54, 1.807) is 0 Å². The molecule has 1 aliphatic rings. The Labute approximate surface area is 139 Å². The highest BCUT2D eigenvalue weighted by molar-refractivity contribution is 5.94. The molecule has 0 fully saturated rings. The summed E-state index contributed by atoms with van der Waals surface area (Å²) in [5.74, 6) is -0.710. The summed E-state index contributed by atoms with van der Waals surface area (Å²) < 4.78 is 1.35. The lowest BCUT2D eigenvalue weighted by Gasteiger charge is -2.23. The van der Waals surface area contributed by atoms with E-state index in [0.717, 1.165) is 11.1 Å². The summed E-state index contributed by atoms with van der Waals surface area (Å²) in [6, 6.07) is 7.58. The highest BCUT2D eigenvalue weighted by Gasteiger charge is 2.24. The lowest BCUT2D eigenvalue weighted by molar-refractivity contribution is 0.0941. The molecule has 7 nitrogen and oxygen atoms in total. The number of hydrogen-bond acceptors (Lipinski definition) is 5. The Morgan fingerprint density at radius 1 is 1.42 bits per heavy atom. The fourth-order valence-electron chi connectivity index (χ4n) is 2.74. The van der Waals surface area contributed by atoms with Gasteiger partial charge in [0.15, 0.2) is 5.69 Å². The molecule has 0 aliphatic carbocycles. The first-order chi connectivity index (χ1) is 11.5. The van der Waals surface area contributed by atoms with Crippen LogP contribution in [-0.2, 0) is 19.5 Å². The molecule has 24 heavy (non-hydrogen) atoms. The van der Waals surface area contributed by atoms with Crippen molar-refractivity contribution in [3.05, 3.63) is 57.3 Å². The number of benzene rings is 1. The fourth-order valence-corrected chi connectivity index (χ4v) is 2.74. The van der Waals surface area contributed by atoms with Crippen molar-refractivity contribution in [1.82, 2.24) is 14.9 Å². The average molecular weight is 328 g/mol. The van der Waals surface area contributed by atoms with Gasteiger partial charge in [-0.2, -0.15) is 0 Å². The van der Waals surface area contributed by atoms with E-state index in [2.05, 4.69) is 10.3 Å². The van der Waals surface area contributed by atoms with E-state index in [9.17, 15) is 14.7 Å². The maximum Gasteiger partial charge on any atom is 0.296 e. The third-order valence-electron chi connectivity index (χ3n) is 4.17. The minimum absolute atomic E-state index is 0.141. The van der Waals surface area contributed by atoms with E-state index < -0.39 is 17.2 Å². The van der Waals surface area contributed by atoms with Crippen LogP contribution in [0.2, 0.25) is 0 Å². The number of nitrogens with one attached hydrogen (secondary N) is 1. The first-order valence-corrected chi connectivity index (χ1v) is 7.87. The average Bonchev–Trinajstić information content (AvgIpc) is 2.58. The lowest BCUT2D eigenvalue weighted by Crippen LogP contribution is -2.40. The number of nitrogens with zero attached hydrogens (tertiary/aromatic N) is 2. The van der Waals surface area contributed by atoms with Crippen LogP contribution < -0.4 is 16.6 Å². The first kappa shape index (κ1) is 16.2. The highest BCUT2D eigenvalue weighted by Crippen LogP contribution is 2.15. The van der Waals surface area contributed by atoms with Crippen molar-refractivity contribution >= 4 is 5.91 Å². The SMILES string of the molecule is Cc1ccc(CNC(=O)c2nc3n(c(=O)c2O)C[C@@H](N)CC3)cc1. The lowest BCUT2D eigenvalue weighted by atomic mass is 10.1. The van der Waals surface area contributed by atoms with Gasteiger partial charge in [-0.05, 0) is 18.9 Å². The molecule has 2 aromatic rings. The Hall–Kier alpha value is -2.67. The number of amides is 1. The normalized spacial score (nSPS) is 16.5. The monoisotopic (exact) mass is 328 g/mol. The number of nitrogens with two attached hydrogens (primary N) is 1. The molecule has 0 spiro atoms. The van der Waals surface area contributed by atoms with Gasteiger partial charge in [-0.3, -0.25) is 14.2 Å². The molecule has 1 aliphatic heterocycles. The van der Waals surface area contributed by atoms with Crippen LogP contribution in [0, 0.1) is 6.92 Å². The van der Waals surface area contributed by atoms with Crippen LogP contribution in [0.3, 0.4) is 0 Å². The Bertz CT molecular complexity index is 827. The standard InChI is InChI=1S/C17H20N4O3/c1-10-2-4-11(5-3-10)8-19-16(23)14-15(22)17(24)21-9-12(18)6-7-13(21)20-14/h2-5,12,22H,6-9,18H2,1H3,(H,19,23)/t12-/m0/s1. The van der Waals surface area contributed by atoms with Gasteiger partial charge in [0, 0.05) is 25.6 Å². The largest absolute Gasteiger partial charge is 0.501 e. The van der Waals surface area contributed by atoms with E-state index in [1.807, 2.05) is 31.2 Å². The summed E-state index contributed by atoms with van der Waals surface area (Å²) in [5, 5.41) is 12.7. The van der Waals surface area contributed by atoms with Gasteiger partial charge < -0.3 is 16.2 Å². The fraction of sp³-hybridized carbons (Fsp3) is 0.353. The van der Waals surface area contributed by atoms with Crippen LogP contribution in [0.25, 0.3) is 0 Å². The van der Waals surface area contributed by atoms with Crippen molar-refractivity contribution in [2.24, 2.45) is 5.73 Å². The molecule has 0 saturated heterocycles. The van der Waals surface area contributed by atoms with Crippen LogP contribution >= 0.6 is 0 Å². The van der Waals surface area contributed by atoms with E-state index >= 15 is 0 Å². The summed E-state index contributed by atoms with van der Waals surface area (Å²) in [6.45, 7) is 2.58. The van der Waals surface area contributed by atoms with Crippen LogP contribution in [0.15, 0.2) is 29.1 Å². The second kappa shape index (κ2) is 6.45. The topological polar surface area (TPSA) is 110 Å². The number of carbonyl (C=O) groups excluding carboxylic acids is 1. The zero-order chi connectivity index (χ0) is 17.3. The minimum Gasteiger partial charge on any atom is -0.501 e. The number of aromatic nitrogens is 2. The van der Waals surface area contributed by atoms with Crippen molar-refractivity contribution in [3.8, 4) is 5.75 Å². The van der Waals surface area contributed by atoms with Crippen LogP contribution in [0.4, 0.5) is 0 Å². The molecule has 0 bridgehead atoms. The quantitative estimate of drug-likeness (QED) is 0.758. The zero-order valence-corrected chi connectivity index (χ0v) is 13.5. The Balaban J connectivity index is 1.81. The van der Waals surface area contributed by atoms with E-state index in [-0.39, 0.29) is 11.7 Å². The summed E-state index contributed by atoms with van der Waals surface area (Å²) >= 11 is 0. The van der Waals surface area contributed by atoms with Gasteiger partial charge in [0.1, 0.15) is 5.82 Å². The second-order valence-corrected chi connectivity index (χ2v) is 6.11. The minimum atomic E-state index is -0.630. The van der Waals surface area contributed by atoms with Crippen LogP contribution in [0.5, 0.6) is 5.75 Å². The number of hydrogen-bond donors (Lipinski definition) is 3. The number of rotatable bonds is 3. The predicted molar refractivity (Wildman–Crippen MR) is 88.8 cm³/mol. The maximum absolute atomic E-state index is 12.3. The Morgan fingerprint density at radius 3 is 2.83 bits per heavy atom. The molecule has 0 radical (unpaired) electrons. The third kappa shape index (κ3) is 3.16. The molecule has 0 saturated carbocycles. The van der Waals surface area contributed by atoms with E-state index in [0.29, 0.717) is 31.8 Å². The first-order valence-electron chi connectivity index (χ1n) is 7.87. The van der Waals surface area contributed by atoms with Gasteiger partial charge in [-0.15, -0.1) is 0 Å². The molecule has 1 amide bonds. The molecule has 0 unspecified atom stereocenters. The summed E-state index contributed by atoms with van der Waals surface area (Å²) in [6.07, 6.45) is 1.20. The van der Waals surface area contributed by atoms with Crippen molar-refractivity contribution in [1.29, 1.82) is 0 Å². The van der Waals surface area contributed by atoms with Gasteiger partial charge in [0.25, 0.3) is 11.5 Å². The number of aryl methyl sites for hydroxylation is 2. The van der Waals surface area contributed by atoms with Crippen molar-refractivity contribution < 1.29 is 9.90 Å². The summed E-state index contributed by atoms with van der Waals surface area (Å²) in [5.41, 5.74) is 7.05. The predicted octanol–water partition coefficient (Wildman–Crippen LogP) is 0.461. The second-order valence-electron chi connectivity index (χ2n) is 6.11. The molecule has 4 N–H and O–H groups in total. The Morgan fingerprint density at radius 2 is 2.12 bits per heavy atom. The van der Waals surface area contributed by atoms with Gasteiger partial charge in [-0.25, -0.2) is 4.98 Å². The van der Waals surface area contributed by atoms with Gasteiger partial charge in [0.05, 0.1) is 0 Å². The number of fused-ring (bicyclic) bond motifs is 1. The molecule has 7 heteroatoms. The van der Waals surface area contributed by atoms with Gasteiger partial charge in [0.2, 0.25) is 5.75 Å². The summed E-state index contributed by atoms with van der Waals surface area (Å²) in [4.78, 5) is 28.7. The molecule has 1 aromatic heterocycles. The maximum atomic E-state index is 12.3. The van der Waals surface area contributed by atoms with Crippen LogP contribution in [0.1, 0.15) is 33.9 Å². The highest BCUT2D eigenvalue weighted by atomic mass is 16.3. The van der Waals surface area contributed by atoms with E-state index in [4.69, 9.17) is 5.73 Å². The third-order valence-corrected chi connectivity index (χ3v) is 4.17. The summed E-state index contributed by atoms with van der Waals surface area (Å²) in [7, 11) is 0. The molecular weight excluding hydrogens is 308 g/mol. The van der Waals surface area contributed by atoms with Crippen molar-refractivity contribution in [2.75, 3.05) is 0 Å².